The van der Waals surface area contributed by atoms with Gasteiger partial charge in [0, 0.05) is 6.54 Å². The zero-order valence-electron chi connectivity index (χ0n) is 11.8. The number of hydrogen-bond acceptors (Lipinski definition) is 2. The molecule has 1 aromatic rings. The summed E-state index contributed by atoms with van der Waals surface area (Å²) in [6, 6.07) is 1.25. The molecule has 22 heavy (non-hydrogen) atoms. The Hall–Kier alpha value is -1.86. The lowest BCUT2D eigenvalue weighted by Gasteiger charge is -2.39. The molecule has 8 heteroatoms. The third-order valence-electron chi connectivity index (χ3n) is 3.88. The fourth-order valence-electron chi connectivity index (χ4n) is 2.87. The molecular formula is C14H15F4NO3. The molecule has 1 heterocycles. The van der Waals surface area contributed by atoms with E-state index in [9.17, 15) is 27.2 Å². The smallest absolute Gasteiger partial charge is 0.431 e. The molecule has 1 fully saturated rings. The Bertz CT molecular complexity index is 640. The average Bonchev–Trinajstić information content (AvgIpc) is 2.32. The van der Waals surface area contributed by atoms with E-state index in [0.717, 1.165) is 0 Å². The van der Waals surface area contributed by atoms with E-state index in [4.69, 9.17) is 5.11 Å². The van der Waals surface area contributed by atoms with Crippen LogP contribution in [0.5, 0.6) is 0 Å². The normalized spacial score (nSPS) is 24.9. The number of carboxylic acids is 1. The van der Waals surface area contributed by atoms with Crippen molar-refractivity contribution in [3.05, 3.63) is 33.7 Å². The lowest BCUT2D eigenvalue weighted by molar-refractivity contribution is -0.144. The standard InChI is InChI=1S/C14H15F4NO3/c1-13(15)6-8(7-13)4-5-19-10(14(16,17)18)3-2-9(11(19)20)12(21)22/h2-3,8H,4-7H2,1H3,(H,21,22). The van der Waals surface area contributed by atoms with Crippen LogP contribution in [0.3, 0.4) is 0 Å². The van der Waals surface area contributed by atoms with Crippen LogP contribution in [0.2, 0.25) is 0 Å². The van der Waals surface area contributed by atoms with Crippen LogP contribution in [0.25, 0.3) is 0 Å². The summed E-state index contributed by atoms with van der Waals surface area (Å²) in [7, 11) is 0. The fraction of sp³-hybridized carbons (Fsp3) is 0.571. The van der Waals surface area contributed by atoms with Crippen LogP contribution in [0, 0.1) is 5.92 Å². The summed E-state index contributed by atoms with van der Waals surface area (Å²) in [4.78, 5) is 22.8. The van der Waals surface area contributed by atoms with Gasteiger partial charge in [-0.05, 0) is 44.2 Å². The van der Waals surface area contributed by atoms with Crippen molar-refractivity contribution in [1.82, 2.24) is 4.57 Å². The number of alkyl halides is 4. The molecule has 1 N–H and O–H groups in total. The van der Waals surface area contributed by atoms with Crippen molar-refractivity contribution in [1.29, 1.82) is 0 Å². The Balaban J connectivity index is 2.28. The minimum Gasteiger partial charge on any atom is -0.477 e. The van der Waals surface area contributed by atoms with Gasteiger partial charge in [-0.1, -0.05) is 0 Å². The minimum absolute atomic E-state index is 0.100. The van der Waals surface area contributed by atoms with E-state index < -0.39 is 34.6 Å². The van der Waals surface area contributed by atoms with E-state index in [1.165, 1.54) is 6.92 Å². The van der Waals surface area contributed by atoms with Gasteiger partial charge in [-0.3, -0.25) is 4.79 Å². The zero-order chi connectivity index (χ0) is 16.7. The maximum atomic E-state index is 13.4. The Labute approximate surface area is 123 Å². The third kappa shape index (κ3) is 3.31. The van der Waals surface area contributed by atoms with Gasteiger partial charge in [0.25, 0.3) is 5.56 Å². The van der Waals surface area contributed by atoms with Crippen molar-refractivity contribution >= 4 is 5.97 Å². The van der Waals surface area contributed by atoms with Gasteiger partial charge >= 0.3 is 12.1 Å². The van der Waals surface area contributed by atoms with E-state index in [1.807, 2.05) is 0 Å². The second-order valence-corrected chi connectivity index (χ2v) is 5.87. The zero-order valence-corrected chi connectivity index (χ0v) is 11.8. The number of nitrogens with zero attached hydrogens (tertiary/aromatic N) is 1. The molecular weight excluding hydrogens is 306 g/mol. The first-order valence-corrected chi connectivity index (χ1v) is 6.74. The van der Waals surface area contributed by atoms with E-state index in [1.54, 1.807) is 0 Å². The highest BCUT2D eigenvalue weighted by Crippen LogP contribution is 2.42. The lowest BCUT2D eigenvalue weighted by atomic mass is 9.72. The maximum absolute atomic E-state index is 13.4. The molecule has 1 aliphatic carbocycles. The summed E-state index contributed by atoms with van der Waals surface area (Å²) in [5, 5.41) is 8.84. The number of halogens is 4. The third-order valence-corrected chi connectivity index (χ3v) is 3.88. The monoisotopic (exact) mass is 321 g/mol. The van der Waals surface area contributed by atoms with Crippen molar-refractivity contribution in [3.8, 4) is 0 Å². The molecule has 0 bridgehead atoms. The fourth-order valence-corrected chi connectivity index (χ4v) is 2.87. The summed E-state index contributed by atoms with van der Waals surface area (Å²) >= 11 is 0. The first kappa shape index (κ1) is 16.5. The molecule has 1 saturated carbocycles. The van der Waals surface area contributed by atoms with Gasteiger partial charge in [0.15, 0.2) is 0 Å². The van der Waals surface area contributed by atoms with Gasteiger partial charge in [-0.15, -0.1) is 0 Å². The molecule has 0 amide bonds. The predicted octanol–water partition coefficient (Wildman–Crippen LogP) is 3.09. The van der Waals surface area contributed by atoms with Crippen LogP contribution in [-0.4, -0.2) is 21.3 Å². The molecule has 122 valence electrons. The number of aromatic nitrogens is 1. The Morgan fingerprint density at radius 1 is 1.41 bits per heavy atom. The Kier molecular flexibility index (Phi) is 4.06. The average molecular weight is 321 g/mol. The summed E-state index contributed by atoms with van der Waals surface area (Å²) in [5.74, 6) is -1.68. The maximum Gasteiger partial charge on any atom is 0.431 e. The highest BCUT2D eigenvalue weighted by Gasteiger charge is 2.41. The van der Waals surface area contributed by atoms with Crippen molar-refractivity contribution in [2.45, 2.75) is 44.6 Å². The number of carbonyl (C=O) groups is 1. The van der Waals surface area contributed by atoms with Gasteiger partial charge in [-0.2, -0.15) is 13.2 Å². The molecule has 1 aliphatic rings. The predicted molar refractivity (Wildman–Crippen MR) is 69.5 cm³/mol. The van der Waals surface area contributed by atoms with Crippen LogP contribution < -0.4 is 5.56 Å². The van der Waals surface area contributed by atoms with E-state index in [2.05, 4.69) is 0 Å². The van der Waals surface area contributed by atoms with Crippen LogP contribution in [0.4, 0.5) is 17.6 Å². The second kappa shape index (κ2) is 5.40. The summed E-state index contributed by atoms with van der Waals surface area (Å²) < 4.78 is 52.6. The Morgan fingerprint density at radius 3 is 2.45 bits per heavy atom. The molecule has 0 radical (unpaired) electrons. The largest absolute Gasteiger partial charge is 0.477 e. The molecule has 2 rings (SSSR count). The van der Waals surface area contributed by atoms with E-state index in [-0.39, 0.29) is 31.7 Å². The topological polar surface area (TPSA) is 59.3 Å². The molecule has 0 aliphatic heterocycles. The van der Waals surface area contributed by atoms with Crippen molar-refractivity contribution < 1.29 is 27.5 Å². The molecule has 4 nitrogen and oxygen atoms in total. The van der Waals surface area contributed by atoms with Crippen LogP contribution in [0.1, 0.15) is 42.2 Å². The van der Waals surface area contributed by atoms with Crippen molar-refractivity contribution in [3.63, 3.8) is 0 Å². The van der Waals surface area contributed by atoms with Crippen molar-refractivity contribution in [2.75, 3.05) is 0 Å². The highest BCUT2D eigenvalue weighted by atomic mass is 19.4. The quantitative estimate of drug-likeness (QED) is 0.867. The number of pyridine rings is 1. The van der Waals surface area contributed by atoms with Gasteiger partial charge in [0.1, 0.15) is 16.9 Å². The Morgan fingerprint density at radius 2 is 2.00 bits per heavy atom. The molecule has 0 saturated heterocycles. The number of rotatable bonds is 4. The van der Waals surface area contributed by atoms with E-state index >= 15 is 0 Å². The van der Waals surface area contributed by atoms with Crippen LogP contribution >= 0.6 is 0 Å². The minimum atomic E-state index is -4.76. The number of hydrogen-bond donors (Lipinski definition) is 1. The van der Waals surface area contributed by atoms with E-state index in [0.29, 0.717) is 16.7 Å². The molecule has 0 unspecified atom stereocenters. The molecule has 0 aromatic carbocycles. The van der Waals surface area contributed by atoms with Gasteiger partial charge in [0.2, 0.25) is 0 Å². The summed E-state index contributed by atoms with van der Waals surface area (Å²) in [6.45, 7) is 1.14. The van der Waals surface area contributed by atoms with Crippen LogP contribution in [-0.2, 0) is 12.7 Å². The summed E-state index contributed by atoms with van der Waals surface area (Å²) in [6.07, 6.45) is -4.08. The number of aromatic carboxylic acids is 1. The molecule has 1 aromatic heterocycles. The van der Waals surface area contributed by atoms with Gasteiger partial charge in [-0.25, -0.2) is 9.18 Å². The lowest BCUT2D eigenvalue weighted by Crippen LogP contribution is -2.38. The SMILES string of the molecule is CC1(F)CC(CCn2c(C(F)(F)F)ccc(C(=O)O)c2=O)C1. The summed E-state index contributed by atoms with van der Waals surface area (Å²) in [5.41, 5.74) is -4.39. The van der Waals surface area contributed by atoms with Gasteiger partial charge < -0.3 is 9.67 Å². The number of carboxylic acid groups (broad SMARTS) is 1. The second-order valence-electron chi connectivity index (χ2n) is 5.87. The highest BCUT2D eigenvalue weighted by molar-refractivity contribution is 5.87. The van der Waals surface area contributed by atoms with Crippen LogP contribution in [0.15, 0.2) is 16.9 Å². The van der Waals surface area contributed by atoms with Gasteiger partial charge in [0.05, 0.1) is 0 Å². The molecule has 0 atom stereocenters. The first-order chi connectivity index (χ1) is 10.0. The molecule has 0 spiro atoms. The first-order valence-electron chi connectivity index (χ1n) is 6.74. The van der Waals surface area contributed by atoms with Crippen molar-refractivity contribution in [2.24, 2.45) is 5.92 Å².